The molecule has 0 saturated carbocycles. The first-order valence-corrected chi connectivity index (χ1v) is 4.97. The van der Waals surface area contributed by atoms with E-state index in [0.29, 0.717) is 17.9 Å². The third kappa shape index (κ3) is 3.73. The van der Waals surface area contributed by atoms with Gasteiger partial charge in [-0.25, -0.2) is 4.79 Å². The van der Waals surface area contributed by atoms with Crippen molar-refractivity contribution in [1.29, 1.82) is 0 Å². The lowest BCUT2D eigenvalue weighted by molar-refractivity contribution is -0.134. The van der Waals surface area contributed by atoms with E-state index in [1.807, 2.05) is 6.92 Å². The Morgan fingerprint density at radius 1 is 1.44 bits per heavy atom. The highest BCUT2D eigenvalue weighted by atomic mass is 19.1. The lowest BCUT2D eigenvalue weighted by Gasteiger charge is -2.03. The molecule has 86 valence electrons. The van der Waals surface area contributed by atoms with E-state index in [0.717, 1.165) is 12.5 Å². The van der Waals surface area contributed by atoms with Crippen molar-refractivity contribution in [3.63, 3.8) is 0 Å². The second-order valence-electron chi connectivity index (χ2n) is 3.21. The fourth-order valence-electron chi connectivity index (χ4n) is 1.09. The Labute approximate surface area is 93.2 Å². The molecule has 1 aromatic carbocycles. The van der Waals surface area contributed by atoms with Crippen LogP contribution >= 0.6 is 0 Å². The molecular formula is C12H13FO3. The van der Waals surface area contributed by atoms with Crippen molar-refractivity contribution < 1.29 is 19.0 Å². The molecule has 16 heavy (non-hydrogen) atoms. The van der Waals surface area contributed by atoms with Gasteiger partial charge in [-0.2, -0.15) is 4.39 Å². The summed E-state index contributed by atoms with van der Waals surface area (Å²) in [6, 6.07) is 6.56. The maximum absolute atomic E-state index is 12.7. The van der Waals surface area contributed by atoms with Gasteiger partial charge in [-0.15, -0.1) is 0 Å². The fourth-order valence-corrected chi connectivity index (χ4v) is 1.09. The average Bonchev–Trinajstić information content (AvgIpc) is 2.28. The number of carboxylic acid groups (broad SMARTS) is 1. The predicted octanol–water partition coefficient (Wildman–Crippen LogP) is 2.87. The summed E-state index contributed by atoms with van der Waals surface area (Å²) in [4.78, 5) is 10.2. The first-order valence-electron chi connectivity index (χ1n) is 4.97. The van der Waals surface area contributed by atoms with Gasteiger partial charge in [-0.1, -0.05) is 19.1 Å². The Morgan fingerprint density at radius 3 is 2.56 bits per heavy atom. The van der Waals surface area contributed by atoms with Gasteiger partial charge in [0.2, 0.25) is 5.83 Å². The van der Waals surface area contributed by atoms with E-state index >= 15 is 0 Å². The summed E-state index contributed by atoms with van der Waals surface area (Å²) >= 11 is 0. The second-order valence-corrected chi connectivity index (χ2v) is 3.21. The van der Waals surface area contributed by atoms with Crippen LogP contribution in [-0.4, -0.2) is 17.7 Å². The topological polar surface area (TPSA) is 46.5 Å². The molecule has 1 N–H and O–H groups in total. The Morgan fingerprint density at radius 2 is 2.06 bits per heavy atom. The van der Waals surface area contributed by atoms with Gasteiger partial charge in [0.25, 0.3) is 0 Å². The minimum atomic E-state index is -1.56. The first kappa shape index (κ1) is 12.2. The highest BCUT2D eigenvalue weighted by Crippen LogP contribution is 2.15. The smallest absolute Gasteiger partial charge is 0.364 e. The summed E-state index contributed by atoms with van der Waals surface area (Å²) in [7, 11) is 0. The molecule has 0 aliphatic carbocycles. The molecule has 0 unspecified atom stereocenters. The summed E-state index contributed by atoms with van der Waals surface area (Å²) < 4.78 is 18.1. The molecule has 0 atom stereocenters. The molecule has 3 nitrogen and oxygen atoms in total. The molecule has 0 saturated heterocycles. The average molecular weight is 224 g/mol. The lowest BCUT2D eigenvalue weighted by atomic mass is 10.2. The number of halogens is 1. The molecule has 0 heterocycles. The molecule has 0 amide bonds. The number of aliphatic carboxylic acids is 1. The van der Waals surface area contributed by atoms with E-state index in [9.17, 15) is 9.18 Å². The summed E-state index contributed by atoms with van der Waals surface area (Å²) in [5.41, 5.74) is 0.490. The molecular weight excluding hydrogens is 211 g/mol. The quantitative estimate of drug-likeness (QED) is 0.782. The van der Waals surface area contributed by atoms with Crippen LogP contribution in [0.5, 0.6) is 5.75 Å². The van der Waals surface area contributed by atoms with Crippen LogP contribution in [0.1, 0.15) is 18.9 Å². The van der Waals surface area contributed by atoms with Gasteiger partial charge in [0.1, 0.15) is 5.75 Å². The predicted molar refractivity (Wildman–Crippen MR) is 58.9 cm³/mol. The van der Waals surface area contributed by atoms with Gasteiger partial charge >= 0.3 is 5.97 Å². The minimum absolute atomic E-state index is 0.490. The highest BCUT2D eigenvalue weighted by molar-refractivity contribution is 5.89. The van der Waals surface area contributed by atoms with Crippen LogP contribution in [0.25, 0.3) is 6.08 Å². The van der Waals surface area contributed by atoms with Crippen LogP contribution < -0.4 is 4.74 Å². The Hall–Kier alpha value is -1.84. The van der Waals surface area contributed by atoms with E-state index in [2.05, 4.69) is 0 Å². The number of benzene rings is 1. The normalized spacial score (nSPS) is 11.2. The van der Waals surface area contributed by atoms with Crippen LogP contribution in [-0.2, 0) is 4.79 Å². The maximum atomic E-state index is 12.7. The zero-order valence-corrected chi connectivity index (χ0v) is 8.94. The van der Waals surface area contributed by atoms with Gasteiger partial charge in [-0.3, -0.25) is 0 Å². The molecule has 0 aliphatic rings. The van der Waals surface area contributed by atoms with Gasteiger partial charge in [0.05, 0.1) is 6.61 Å². The van der Waals surface area contributed by atoms with Crippen LogP contribution in [0.4, 0.5) is 4.39 Å². The highest BCUT2D eigenvalue weighted by Gasteiger charge is 2.04. The van der Waals surface area contributed by atoms with Crippen LogP contribution in [0.3, 0.4) is 0 Å². The van der Waals surface area contributed by atoms with Gasteiger partial charge in [-0.05, 0) is 30.2 Å². The third-order valence-corrected chi connectivity index (χ3v) is 1.85. The van der Waals surface area contributed by atoms with Gasteiger partial charge in [0, 0.05) is 0 Å². The van der Waals surface area contributed by atoms with E-state index in [1.165, 1.54) is 0 Å². The molecule has 0 bridgehead atoms. The fraction of sp³-hybridized carbons (Fsp3) is 0.250. The molecule has 1 rings (SSSR count). The Balaban J connectivity index is 2.71. The summed E-state index contributed by atoms with van der Waals surface area (Å²) in [6.45, 7) is 2.62. The van der Waals surface area contributed by atoms with E-state index in [4.69, 9.17) is 9.84 Å². The number of hydrogen-bond donors (Lipinski definition) is 1. The summed E-state index contributed by atoms with van der Waals surface area (Å²) in [5, 5.41) is 8.35. The number of ether oxygens (including phenoxy) is 1. The van der Waals surface area contributed by atoms with Crippen LogP contribution in [0.2, 0.25) is 0 Å². The third-order valence-electron chi connectivity index (χ3n) is 1.85. The molecule has 0 aromatic heterocycles. The molecule has 1 aromatic rings. The summed E-state index contributed by atoms with van der Waals surface area (Å²) in [6.07, 6.45) is 1.88. The van der Waals surface area contributed by atoms with E-state index in [1.54, 1.807) is 24.3 Å². The van der Waals surface area contributed by atoms with Crippen LogP contribution in [0, 0.1) is 0 Å². The maximum Gasteiger partial charge on any atom is 0.364 e. The SMILES string of the molecule is CCCOc1ccc(C=C(F)C(=O)O)cc1. The first-order chi connectivity index (χ1) is 7.63. The van der Waals surface area contributed by atoms with Crippen molar-refractivity contribution in [1.82, 2.24) is 0 Å². The molecule has 4 heteroatoms. The molecule has 0 aliphatic heterocycles. The number of rotatable bonds is 5. The minimum Gasteiger partial charge on any atom is -0.494 e. The van der Waals surface area contributed by atoms with E-state index < -0.39 is 11.8 Å². The monoisotopic (exact) mass is 224 g/mol. The summed E-state index contributed by atoms with van der Waals surface area (Å²) in [5.74, 6) is -2.05. The Kier molecular flexibility index (Phi) is 4.51. The van der Waals surface area contributed by atoms with Crippen LogP contribution in [0.15, 0.2) is 30.1 Å². The molecule has 0 radical (unpaired) electrons. The zero-order chi connectivity index (χ0) is 12.0. The second kappa shape index (κ2) is 5.90. The van der Waals surface area contributed by atoms with Crippen molar-refractivity contribution in [2.24, 2.45) is 0 Å². The van der Waals surface area contributed by atoms with Gasteiger partial charge in [0.15, 0.2) is 0 Å². The van der Waals surface area contributed by atoms with Crippen molar-refractivity contribution >= 4 is 12.0 Å². The van der Waals surface area contributed by atoms with Crippen molar-refractivity contribution in [2.45, 2.75) is 13.3 Å². The largest absolute Gasteiger partial charge is 0.494 e. The van der Waals surface area contributed by atoms with Crippen molar-refractivity contribution in [3.8, 4) is 5.75 Å². The van der Waals surface area contributed by atoms with E-state index in [-0.39, 0.29) is 0 Å². The zero-order valence-electron chi connectivity index (χ0n) is 8.94. The number of carbonyl (C=O) groups is 1. The molecule has 0 spiro atoms. The van der Waals surface area contributed by atoms with Crippen molar-refractivity contribution in [3.05, 3.63) is 35.7 Å². The Bertz CT molecular complexity index is 382. The number of carboxylic acids is 1. The van der Waals surface area contributed by atoms with Gasteiger partial charge < -0.3 is 9.84 Å². The molecule has 0 fully saturated rings. The number of hydrogen-bond acceptors (Lipinski definition) is 2. The lowest BCUT2D eigenvalue weighted by Crippen LogP contribution is -1.95. The van der Waals surface area contributed by atoms with Crippen molar-refractivity contribution in [2.75, 3.05) is 6.61 Å². The standard InChI is InChI=1S/C12H13FO3/c1-2-7-16-10-5-3-9(4-6-10)8-11(13)12(14)15/h3-6,8H,2,7H2,1H3,(H,14,15).